The highest BCUT2D eigenvalue weighted by Gasteiger charge is 2.28. The molecule has 1 unspecified atom stereocenters. The largest absolute Gasteiger partial charge is 0.366 e. The molecule has 8 heteroatoms. The number of amides is 1. The number of nitrogens with zero attached hydrogens (tertiary/aromatic N) is 2. The van der Waals surface area contributed by atoms with Crippen LogP contribution in [-0.4, -0.2) is 48.4 Å². The summed E-state index contributed by atoms with van der Waals surface area (Å²) in [6.07, 6.45) is 2.59. The van der Waals surface area contributed by atoms with Crippen LogP contribution in [0.5, 0.6) is 0 Å². The molecule has 0 radical (unpaired) electrons. The van der Waals surface area contributed by atoms with Crippen molar-refractivity contribution in [1.29, 1.82) is 0 Å². The summed E-state index contributed by atoms with van der Waals surface area (Å²) in [5, 5.41) is 5.89. The van der Waals surface area contributed by atoms with Crippen LogP contribution in [0.4, 0.5) is 5.82 Å². The molecule has 1 saturated heterocycles. The molecular weight excluding hydrogens is 340 g/mol. The molecule has 7 nitrogen and oxygen atoms in total. The fourth-order valence-corrected chi connectivity index (χ4v) is 4.41. The summed E-state index contributed by atoms with van der Waals surface area (Å²) in [5.74, 6) is 0.462. The van der Waals surface area contributed by atoms with Gasteiger partial charge in [0.15, 0.2) is 9.84 Å². The van der Waals surface area contributed by atoms with Crippen molar-refractivity contribution in [3.63, 3.8) is 0 Å². The molecular formula is C17H20N4O3S. The predicted molar refractivity (Wildman–Crippen MR) is 95.2 cm³/mol. The number of carbonyl (C=O) groups is 1. The van der Waals surface area contributed by atoms with Crippen LogP contribution >= 0.6 is 0 Å². The van der Waals surface area contributed by atoms with Gasteiger partial charge < -0.3 is 10.6 Å². The number of sulfone groups is 1. The first-order valence-corrected chi connectivity index (χ1v) is 9.95. The number of hydrogen-bond donors (Lipinski definition) is 2. The molecule has 0 aliphatic carbocycles. The van der Waals surface area contributed by atoms with Gasteiger partial charge in [-0.15, -0.1) is 0 Å². The molecule has 25 heavy (non-hydrogen) atoms. The number of benzene rings is 1. The number of aromatic nitrogens is 2. The smallest absolute Gasteiger partial charge is 0.270 e. The first kappa shape index (κ1) is 17.3. The SMILES string of the molecule is O=C(NCCc1ccccc1)c1cc(NC2CCS(=O)(=O)C2)ncn1. The number of carbonyl (C=O) groups excluding carboxylic acids is 1. The van der Waals surface area contributed by atoms with Gasteiger partial charge in [-0.1, -0.05) is 30.3 Å². The second-order valence-electron chi connectivity index (χ2n) is 6.02. The molecule has 1 amide bonds. The zero-order chi connectivity index (χ0) is 17.7. The normalized spacial score (nSPS) is 18.6. The van der Waals surface area contributed by atoms with Crippen LogP contribution in [0.2, 0.25) is 0 Å². The van der Waals surface area contributed by atoms with Gasteiger partial charge in [0.05, 0.1) is 11.5 Å². The van der Waals surface area contributed by atoms with E-state index in [0.29, 0.717) is 18.8 Å². The summed E-state index contributed by atoms with van der Waals surface area (Å²) in [4.78, 5) is 20.3. The van der Waals surface area contributed by atoms with Crippen LogP contribution < -0.4 is 10.6 Å². The molecule has 2 heterocycles. The highest BCUT2D eigenvalue weighted by molar-refractivity contribution is 7.91. The van der Waals surface area contributed by atoms with Crippen molar-refractivity contribution in [2.45, 2.75) is 18.9 Å². The topological polar surface area (TPSA) is 101 Å². The Morgan fingerprint density at radius 3 is 2.72 bits per heavy atom. The van der Waals surface area contributed by atoms with Crippen molar-refractivity contribution in [3.05, 3.63) is 54.0 Å². The Morgan fingerprint density at radius 2 is 2.00 bits per heavy atom. The molecule has 1 atom stereocenters. The van der Waals surface area contributed by atoms with E-state index < -0.39 is 9.84 Å². The first-order chi connectivity index (χ1) is 12.0. The molecule has 3 rings (SSSR count). The van der Waals surface area contributed by atoms with Crippen LogP contribution in [0.25, 0.3) is 0 Å². The minimum absolute atomic E-state index is 0.0929. The average molecular weight is 360 g/mol. The minimum atomic E-state index is -2.97. The summed E-state index contributed by atoms with van der Waals surface area (Å²) in [5.41, 5.74) is 1.40. The molecule has 0 bridgehead atoms. The first-order valence-electron chi connectivity index (χ1n) is 8.13. The zero-order valence-corrected chi connectivity index (χ0v) is 14.5. The molecule has 1 aliphatic rings. The van der Waals surface area contributed by atoms with Crippen molar-refractivity contribution in [1.82, 2.24) is 15.3 Å². The number of anilines is 1. The summed E-state index contributed by atoms with van der Waals surface area (Å²) < 4.78 is 23.0. The predicted octanol–water partition coefficient (Wildman–Crippen LogP) is 1.05. The second kappa shape index (κ2) is 7.60. The molecule has 132 valence electrons. The quantitative estimate of drug-likeness (QED) is 0.798. The zero-order valence-electron chi connectivity index (χ0n) is 13.7. The molecule has 0 spiro atoms. The molecule has 2 N–H and O–H groups in total. The Balaban J connectivity index is 1.54. The number of hydrogen-bond acceptors (Lipinski definition) is 6. The maximum atomic E-state index is 12.2. The fourth-order valence-electron chi connectivity index (χ4n) is 2.73. The van der Waals surface area contributed by atoms with Crippen molar-refractivity contribution < 1.29 is 13.2 Å². The highest BCUT2D eigenvalue weighted by Crippen LogP contribution is 2.16. The number of nitrogens with one attached hydrogen (secondary N) is 2. The summed E-state index contributed by atoms with van der Waals surface area (Å²) in [6, 6.07) is 11.3. The lowest BCUT2D eigenvalue weighted by molar-refractivity contribution is 0.0949. The van der Waals surface area contributed by atoms with Gasteiger partial charge in [-0.3, -0.25) is 4.79 Å². The standard InChI is InChI=1S/C17H20N4O3S/c22-17(18-8-6-13-4-2-1-3-5-13)15-10-16(20-12-19-15)21-14-7-9-25(23,24)11-14/h1-5,10,12,14H,6-9,11H2,(H,18,22)(H,19,20,21). The molecule has 1 aliphatic heterocycles. The van der Waals surface area contributed by atoms with Gasteiger partial charge in [0.1, 0.15) is 17.8 Å². The van der Waals surface area contributed by atoms with E-state index in [2.05, 4.69) is 20.6 Å². The fraction of sp³-hybridized carbons (Fsp3) is 0.353. The summed E-state index contributed by atoms with van der Waals surface area (Å²) >= 11 is 0. The Hall–Kier alpha value is -2.48. The van der Waals surface area contributed by atoms with Crippen LogP contribution in [0, 0.1) is 0 Å². The van der Waals surface area contributed by atoms with Crippen molar-refractivity contribution in [2.75, 3.05) is 23.4 Å². The van der Waals surface area contributed by atoms with E-state index in [9.17, 15) is 13.2 Å². The van der Waals surface area contributed by atoms with E-state index in [4.69, 9.17) is 0 Å². The van der Waals surface area contributed by atoms with E-state index in [-0.39, 0.29) is 29.1 Å². The van der Waals surface area contributed by atoms with Crippen molar-refractivity contribution in [2.24, 2.45) is 0 Å². The van der Waals surface area contributed by atoms with E-state index in [1.807, 2.05) is 30.3 Å². The lowest BCUT2D eigenvalue weighted by Crippen LogP contribution is -2.27. The lowest BCUT2D eigenvalue weighted by Gasteiger charge is -2.12. The van der Waals surface area contributed by atoms with Gasteiger partial charge in [0.2, 0.25) is 0 Å². The third kappa shape index (κ3) is 4.99. The summed E-state index contributed by atoms with van der Waals surface area (Å²) in [6.45, 7) is 0.510. The summed E-state index contributed by atoms with van der Waals surface area (Å²) in [7, 11) is -2.97. The Morgan fingerprint density at radius 1 is 1.20 bits per heavy atom. The number of rotatable bonds is 6. The van der Waals surface area contributed by atoms with Crippen LogP contribution in [0.3, 0.4) is 0 Å². The average Bonchev–Trinajstić information content (AvgIpc) is 2.94. The lowest BCUT2D eigenvalue weighted by atomic mass is 10.1. The van der Waals surface area contributed by atoms with Gasteiger partial charge in [-0.05, 0) is 18.4 Å². The van der Waals surface area contributed by atoms with Gasteiger partial charge in [-0.2, -0.15) is 0 Å². The van der Waals surface area contributed by atoms with Crippen LogP contribution in [0.1, 0.15) is 22.5 Å². The Bertz CT molecular complexity index is 840. The van der Waals surface area contributed by atoms with E-state index in [1.54, 1.807) is 6.07 Å². The monoisotopic (exact) mass is 360 g/mol. The van der Waals surface area contributed by atoms with E-state index in [1.165, 1.54) is 6.33 Å². The molecule has 1 aromatic carbocycles. The van der Waals surface area contributed by atoms with Crippen LogP contribution in [-0.2, 0) is 16.3 Å². The maximum Gasteiger partial charge on any atom is 0.270 e. The Kier molecular flexibility index (Phi) is 5.28. The van der Waals surface area contributed by atoms with E-state index in [0.717, 1.165) is 12.0 Å². The van der Waals surface area contributed by atoms with Gasteiger partial charge in [0, 0.05) is 18.7 Å². The van der Waals surface area contributed by atoms with Crippen molar-refractivity contribution in [3.8, 4) is 0 Å². The minimum Gasteiger partial charge on any atom is -0.366 e. The molecule has 0 saturated carbocycles. The second-order valence-corrected chi connectivity index (χ2v) is 8.25. The molecule has 2 aromatic rings. The maximum absolute atomic E-state index is 12.2. The van der Waals surface area contributed by atoms with Gasteiger partial charge in [-0.25, -0.2) is 18.4 Å². The van der Waals surface area contributed by atoms with E-state index >= 15 is 0 Å². The molecule has 1 aromatic heterocycles. The van der Waals surface area contributed by atoms with Gasteiger partial charge in [0.25, 0.3) is 5.91 Å². The highest BCUT2D eigenvalue weighted by atomic mass is 32.2. The third-order valence-electron chi connectivity index (χ3n) is 4.03. The third-order valence-corrected chi connectivity index (χ3v) is 5.79. The van der Waals surface area contributed by atoms with Gasteiger partial charge >= 0.3 is 0 Å². The van der Waals surface area contributed by atoms with Crippen LogP contribution in [0.15, 0.2) is 42.7 Å². The Labute approximate surface area is 146 Å². The van der Waals surface area contributed by atoms with Crippen molar-refractivity contribution >= 4 is 21.6 Å². The molecule has 1 fully saturated rings.